The van der Waals surface area contributed by atoms with Gasteiger partial charge in [-0.05, 0) is 56.0 Å². The number of hydrogen-bond acceptors (Lipinski definition) is 3. The molecular formula is C18H28ClN3O2. The lowest BCUT2D eigenvalue weighted by Crippen LogP contribution is -2.29. The first-order valence-electron chi connectivity index (χ1n) is 8.34. The molecule has 2 N–H and O–H groups in total. The molecule has 1 aromatic rings. The third-order valence-electron chi connectivity index (χ3n) is 4.31. The Bertz CT molecular complexity index is 543. The van der Waals surface area contributed by atoms with Crippen LogP contribution in [0.1, 0.15) is 41.6 Å². The number of carbonyl (C=O) groups is 2. The number of benzene rings is 1. The molecule has 6 heteroatoms. The monoisotopic (exact) mass is 353 g/mol. The molecule has 0 unspecified atom stereocenters. The van der Waals surface area contributed by atoms with Gasteiger partial charge in [-0.3, -0.25) is 9.59 Å². The Morgan fingerprint density at radius 1 is 1.25 bits per heavy atom. The predicted octanol–water partition coefficient (Wildman–Crippen LogP) is 2.21. The van der Waals surface area contributed by atoms with Crippen molar-refractivity contribution in [1.29, 1.82) is 0 Å². The summed E-state index contributed by atoms with van der Waals surface area (Å²) in [6.07, 6.45) is 3.89. The molecule has 0 spiro atoms. The van der Waals surface area contributed by atoms with Crippen LogP contribution < -0.4 is 10.6 Å². The van der Waals surface area contributed by atoms with Crippen molar-refractivity contribution in [3.05, 3.63) is 35.4 Å². The highest BCUT2D eigenvalue weighted by Gasteiger charge is 2.14. The van der Waals surface area contributed by atoms with Crippen molar-refractivity contribution in [2.24, 2.45) is 5.92 Å². The van der Waals surface area contributed by atoms with E-state index < -0.39 is 0 Å². The summed E-state index contributed by atoms with van der Waals surface area (Å²) in [6.45, 7) is 2.61. The molecular weight excluding hydrogens is 326 g/mol. The second kappa shape index (κ2) is 10.3. The van der Waals surface area contributed by atoms with Crippen molar-refractivity contribution in [3.8, 4) is 0 Å². The van der Waals surface area contributed by atoms with Gasteiger partial charge >= 0.3 is 0 Å². The first-order valence-corrected chi connectivity index (χ1v) is 8.34. The zero-order valence-corrected chi connectivity index (χ0v) is 15.3. The fourth-order valence-electron chi connectivity index (χ4n) is 2.87. The van der Waals surface area contributed by atoms with Crippen molar-refractivity contribution in [3.63, 3.8) is 0 Å². The molecule has 1 fully saturated rings. The van der Waals surface area contributed by atoms with Gasteiger partial charge < -0.3 is 15.5 Å². The van der Waals surface area contributed by atoms with E-state index in [-0.39, 0.29) is 24.2 Å². The largest absolute Gasteiger partial charge is 0.352 e. The van der Waals surface area contributed by atoms with E-state index >= 15 is 0 Å². The Balaban J connectivity index is 0.00000288. The van der Waals surface area contributed by atoms with Crippen molar-refractivity contribution in [2.75, 3.05) is 27.2 Å². The van der Waals surface area contributed by atoms with E-state index in [0.29, 0.717) is 24.4 Å². The molecule has 1 saturated heterocycles. The first-order chi connectivity index (χ1) is 11.1. The lowest BCUT2D eigenvalue weighted by atomic mass is 9.93. The minimum absolute atomic E-state index is 0. The second-order valence-corrected chi connectivity index (χ2v) is 6.41. The number of amides is 2. The lowest BCUT2D eigenvalue weighted by Gasteiger charge is -2.22. The van der Waals surface area contributed by atoms with Gasteiger partial charge in [0, 0.05) is 32.6 Å². The first kappa shape index (κ1) is 20.5. The molecule has 0 radical (unpaired) electrons. The SMILES string of the molecule is CN(C)C(=O)c1cccc(CNC(=O)CCC2CCNCC2)c1.Cl. The number of carbonyl (C=O) groups excluding carboxylic acids is 2. The van der Waals surface area contributed by atoms with Crippen LogP contribution in [0.3, 0.4) is 0 Å². The van der Waals surface area contributed by atoms with Gasteiger partial charge in [-0.2, -0.15) is 0 Å². The predicted molar refractivity (Wildman–Crippen MR) is 98.4 cm³/mol. The standard InChI is InChI=1S/C18H27N3O2.ClH/c1-21(2)18(23)16-5-3-4-15(12-16)13-20-17(22)7-6-14-8-10-19-11-9-14;/h3-5,12,14,19H,6-11,13H2,1-2H3,(H,20,22);1H. The fourth-order valence-corrected chi connectivity index (χ4v) is 2.87. The van der Waals surface area contributed by atoms with Crippen LogP contribution in [-0.4, -0.2) is 43.9 Å². The molecule has 1 aliphatic rings. The molecule has 1 aromatic carbocycles. The van der Waals surface area contributed by atoms with Crippen LogP contribution in [0, 0.1) is 5.92 Å². The Morgan fingerprint density at radius 3 is 2.62 bits per heavy atom. The summed E-state index contributed by atoms with van der Waals surface area (Å²) >= 11 is 0. The average molecular weight is 354 g/mol. The van der Waals surface area contributed by atoms with Crippen LogP contribution in [0.15, 0.2) is 24.3 Å². The van der Waals surface area contributed by atoms with Crippen LogP contribution in [-0.2, 0) is 11.3 Å². The minimum Gasteiger partial charge on any atom is -0.352 e. The zero-order valence-electron chi connectivity index (χ0n) is 14.5. The molecule has 0 atom stereocenters. The van der Waals surface area contributed by atoms with Gasteiger partial charge in [-0.15, -0.1) is 12.4 Å². The van der Waals surface area contributed by atoms with Crippen molar-refractivity contribution in [2.45, 2.75) is 32.2 Å². The average Bonchev–Trinajstić information content (AvgIpc) is 2.58. The maximum absolute atomic E-state index is 12.0. The maximum atomic E-state index is 12.0. The number of hydrogen-bond donors (Lipinski definition) is 2. The van der Waals surface area contributed by atoms with Gasteiger partial charge in [0.05, 0.1) is 0 Å². The van der Waals surface area contributed by atoms with E-state index in [1.807, 2.05) is 18.2 Å². The van der Waals surface area contributed by atoms with E-state index in [2.05, 4.69) is 10.6 Å². The summed E-state index contributed by atoms with van der Waals surface area (Å²) in [5, 5.41) is 6.29. The van der Waals surface area contributed by atoms with Crippen LogP contribution in [0.4, 0.5) is 0 Å². The van der Waals surface area contributed by atoms with E-state index in [1.54, 1.807) is 25.1 Å². The Kier molecular flexibility index (Phi) is 8.79. The minimum atomic E-state index is -0.0240. The van der Waals surface area contributed by atoms with Crippen LogP contribution >= 0.6 is 12.4 Å². The summed E-state index contributed by atoms with van der Waals surface area (Å²) in [6, 6.07) is 7.42. The zero-order chi connectivity index (χ0) is 16.7. The third kappa shape index (κ3) is 6.49. The highest BCUT2D eigenvalue weighted by Crippen LogP contribution is 2.17. The third-order valence-corrected chi connectivity index (χ3v) is 4.31. The molecule has 2 rings (SSSR count). The lowest BCUT2D eigenvalue weighted by molar-refractivity contribution is -0.121. The van der Waals surface area contributed by atoms with Crippen LogP contribution in [0.2, 0.25) is 0 Å². The molecule has 0 aliphatic carbocycles. The number of rotatable bonds is 6. The Labute approximate surface area is 150 Å². The van der Waals surface area contributed by atoms with E-state index in [4.69, 9.17) is 0 Å². The summed E-state index contributed by atoms with van der Waals surface area (Å²) in [4.78, 5) is 25.5. The highest BCUT2D eigenvalue weighted by atomic mass is 35.5. The molecule has 2 amide bonds. The Hall–Kier alpha value is -1.59. The van der Waals surface area contributed by atoms with E-state index in [1.165, 1.54) is 12.8 Å². The quantitative estimate of drug-likeness (QED) is 0.824. The van der Waals surface area contributed by atoms with Crippen LogP contribution in [0.5, 0.6) is 0 Å². The van der Waals surface area contributed by atoms with Gasteiger partial charge in [0.25, 0.3) is 5.91 Å². The normalized spacial score (nSPS) is 14.6. The summed E-state index contributed by atoms with van der Waals surface area (Å²) in [5.41, 5.74) is 1.60. The second-order valence-electron chi connectivity index (χ2n) is 6.41. The molecule has 134 valence electrons. The van der Waals surface area contributed by atoms with Crippen molar-refractivity contribution >= 4 is 24.2 Å². The topological polar surface area (TPSA) is 61.4 Å². The van der Waals surface area contributed by atoms with Gasteiger partial charge in [0.2, 0.25) is 5.91 Å². The van der Waals surface area contributed by atoms with Gasteiger partial charge in [0.15, 0.2) is 0 Å². The number of piperidine rings is 1. The van der Waals surface area contributed by atoms with Gasteiger partial charge in [-0.1, -0.05) is 12.1 Å². The van der Waals surface area contributed by atoms with Crippen LogP contribution in [0.25, 0.3) is 0 Å². The molecule has 1 heterocycles. The van der Waals surface area contributed by atoms with Crippen molar-refractivity contribution in [1.82, 2.24) is 15.5 Å². The molecule has 24 heavy (non-hydrogen) atoms. The van der Waals surface area contributed by atoms with Gasteiger partial charge in [0.1, 0.15) is 0 Å². The maximum Gasteiger partial charge on any atom is 0.253 e. The van der Waals surface area contributed by atoms with E-state index in [0.717, 1.165) is 25.1 Å². The highest BCUT2D eigenvalue weighted by molar-refractivity contribution is 5.94. The molecule has 5 nitrogen and oxygen atoms in total. The van der Waals surface area contributed by atoms with E-state index in [9.17, 15) is 9.59 Å². The van der Waals surface area contributed by atoms with Gasteiger partial charge in [-0.25, -0.2) is 0 Å². The number of nitrogens with one attached hydrogen (secondary N) is 2. The molecule has 0 bridgehead atoms. The summed E-state index contributed by atoms with van der Waals surface area (Å²) in [7, 11) is 3.47. The molecule has 0 aromatic heterocycles. The number of nitrogens with zero attached hydrogens (tertiary/aromatic N) is 1. The fraction of sp³-hybridized carbons (Fsp3) is 0.556. The molecule has 1 aliphatic heterocycles. The molecule has 0 saturated carbocycles. The van der Waals surface area contributed by atoms with Crippen molar-refractivity contribution < 1.29 is 9.59 Å². The Morgan fingerprint density at radius 2 is 1.96 bits per heavy atom. The number of halogens is 1. The summed E-state index contributed by atoms with van der Waals surface area (Å²) in [5.74, 6) is 0.736. The smallest absolute Gasteiger partial charge is 0.253 e. The summed E-state index contributed by atoms with van der Waals surface area (Å²) < 4.78 is 0.